The van der Waals surface area contributed by atoms with Gasteiger partial charge in [-0.25, -0.2) is 12.8 Å². The molecule has 0 aliphatic rings. The number of carbonyl (C=O) groups is 2. The summed E-state index contributed by atoms with van der Waals surface area (Å²) in [5.41, 5.74) is 1.00. The van der Waals surface area contributed by atoms with Crippen LogP contribution in [0.15, 0.2) is 83.8 Å². The summed E-state index contributed by atoms with van der Waals surface area (Å²) in [5, 5.41) is 2.57. The summed E-state index contributed by atoms with van der Waals surface area (Å²) >= 11 is 5.99. The zero-order valence-corrected chi connectivity index (χ0v) is 23.6. The number of carbonyl (C=O) groups excluding carboxylic acids is 2. The topological polar surface area (TPSA) is 86.8 Å². The highest BCUT2D eigenvalue weighted by Gasteiger charge is 2.33. The molecule has 0 saturated heterocycles. The van der Waals surface area contributed by atoms with Gasteiger partial charge in [-0.05, 0) is 55.2 Å². The van der Waals surface area contributed by atoms with Crippen LogP contribution in [0.4, 0.5) is 10.1 Å². The number of anilines is 1. The quantitative estimate of drug-likeness (QED) is 0.310. The Bertz CT molecular complexity index is 1360. The van der Waals surface area contributed by atoms with Crippen LogP contribution in [-0.4, -0.2) is 50.8 Å². The minimum Gasteiger partial charge on any atom is -0.354 e. The standard InChI is InChI=1S/C29H33ClFN3O4S/c1-3-18-32-29(36)27(4-2)33(19-17-22-11-7-5-8-12-22)28(35)21-34(23-15-16-26(31)25(30)20-23)39(37,38)24-13-9-6-10-14-24/h5-16,20,27H,3-4,17-19,21H2,1-2H3,(H,32,36)/t27-/m1/s1. The van der Waals surface area contributed by atoms with Crippen molar-refractivity contribution in [2.24, 2.45) is 0 Å². The van der Waals surface area contributed by atoms with Crippen molar-refractivity contribution in [3.05, 3.63) is 95.3 Å². The molecule has 0 aromatic heterocycles. The maximum absolute atomic E-state index is 14.0. The van der Waals surface area contributed by atoms with E-state index in [1.54, 1.807) is 25.1 Å². The van der Waals surface area contributed by atoms with Gasteiger partial charge in [0.25, 0.3) is 10.0 Å². The fourth-order valence-corrected chi connectivity index (χ4v) is 5.75. The molecule has 0 spiro atoms. The Labute approximate surface area is 234 Å². The molecular weight excluding hydrogens is 541 g/mol. The van der Waals surface area contributed by atoms with Crippen LogP contribution in [-0.2, 0) is 26.0 Å². The molecule has 3 aromatic carbocycles. The summed E-state index contributed by atoms with van der Waals surface area (Å²) in [6.45, 7) is 3.78. The molecule has 39 heavy (non-hydrogen) atoms. The molecule has 10 heteroatoms. The lowest BCUT2D eigenvalue weighted by atomic mass is 10.1. The van der Waals surface area contributed by atoms with Crippen LogP contribution in [0, 0.1) is 5.82 Å². The lowest BCUT2D eigenvalue weighted by Crippen LogP contribution is -2.53. The van der Waals surface area contributed by atoms with Gasteiger partial charge in [0, 0.05) is 13.1 Å². The fraction of sp³-hybridized carbons (Fsp3) is 0.310. The third-order valence-electron chi connectivity index (χ3n) is 6.22. The highest BCUT2D eigenvalue weighted by Crippen LogP contribution is 2.28. The Morgan fingerprint density at radius 3 is 2.21 bits per heavy atom. The third-order valence-corrected chi connectivity index (χ3v) is 8.30. The second kappa shape index (κ2) is 14.1. The first kappa shape index (κ1) is 30.1. The molecule has 0 heterocycles. The molecule has 1 N–H and O–H groups in total. The van der Waals surface area contributed by atoms with E-state index in [-0.39, 0.29) is 28.1 Å². The Morgan fingerprint density at radius 1 is 0.974 bits per heavy atom. The zero-order chi connectivity index (χ0) is 28.4. The largest absolute Gasteiger partial charge is 0.354 e. The molecule has 7 nitrogen and oxygen atoms in total. The van der Waals surface area contributed by atoms with Crippen molar-refractivity contribution in [1.82, 2.24) is 10.2 Å². The number of rotatable bonds is 13. The van der Waals surface area contributed by atoms with Crippen LogP contribution in [0.2, 0.25) is 5.02 Å². The van der Waals surface area contributed by atoms with E-state index in [9.17, 15) is 22.4 Å². The average molecular weight is 574 g/mol. The number of benzene rings is 3. The number of nitrogens with one attached hydrogen (secondary N) is 1. The first-order valence-corrected chi connectivity index (χ1v) is 14.6. The number of hydrogen-bond donors (Lipinski definition) is 1. The maximum atomic E-state index is 14.0. The summed E-state index contributed by atoms with van der Waals surface area (Å²) < 4.78 is 42.3. The van der Waals surface area contributed by atoms with Crippen molar-refractivity contribution in [3.8, 4) is 0 Å². The van der Waals surface area contributed by atoms with Crippen molar-refractivity contribution >= 4 is 39.1 Å². The molecule has 3 rings (SSSR count). The molecule has 0 bridgehead atoms. The van der Waals surface area contributed by atoms with E-state index in [2.05, 4.69) is 5.32 Å². The van der Waals surface area contributed by atoms with E-state index in [4.69, 9.17) is 11.6 Å². The van der Waals surface area contributed by atoms with Gasteiger partial charge < -0.3 is 10.2 Å². The predicted octanol–water partition coefficient (Wildman–Crippen LogP) is 5.05. The number of halogens is 2. The average Bonchev–Trinajstić information content (AvgIpc) is 2.95. The summed E-state index contributed by atoms with van der Waals surface area (Å²) in [5.74, 6) is -1.58. The molecule has 0 aliphatic carbocycles. The van der Waals surface area contributed by atoms with Crippen LogP contribution >= 0.6 is 11.6 Å². The van der Waals surface area contributed by atoms with Gasteiger partial charge in [0.15, 0.2) is 0 Å². The van der Waals surface area contributed by atoms with Crippen LogP contribution in [0.3, 0.4) is 0 Å². The number of sulfonamides is 1. The summed E-state index contributed by atoms with van der Waals surface area (Å²) in [7, 11) is -4.24. The summed E-state index contributed by atoms with van der Waals surface area (Å²) in [6.07, 6.45) is 1.54. The SMILES string of the molecule is CCCNC(=O)[C@@H](CC)N(CCc1ccccc1)C(=O)CN(c1ccc(F)c(Cl)c1)S(=O)(=O)c1ccccc1. The van der Waals surface area contributed by atoms with Crippen LogP contribution in [0.25, 0.3) is 0 Å². The van der Waals surface area contributed by atoms with E-state index in [1.165, 1.54) is 29.2 Å². The molecule has 0 fully saturated rings. The Morgan fingerprint density at radius 2 is 1.62 bits per heavy atom. The van der Waals surface area contributed by atoms with Gasteiger partial charge in [-0.3, -0.25) is 13.9 Å². The van der Waals surface area contributed by atoms with Gasteiger partial charge in [-0.1, -0.05) is 74.0 Å². The lowest BCUT2D eigenvalue weighted by molar-refractivity contribution is -0.139. The highest BCUT2D eigenvalue weighted by atomic mass is 35.5. The van der Waals surface area contributed by atoms with Crippen LogP contribution in [0.1, 0.15) is 32.3 Å². The Balaban J connectivity index is 2.01. The summed E-state index contributed by atoms with van der Waals surface area (Å²) in [6, 6.07) is 19.8. The van der Waals surface area contributed by atoms with E-state index in [0.29, 0.717) is 19.4 Å². The molecule has 3 aromatic rings. The molecule has 208 valence electrons. The van der Waals surface area contributed by atoms with Crippen molar-refractivity contribution < 1.29 is 22.4 Å². The molecule has 0 unspecified atom stereocenters. The van der Waals surface area contributed by atoms with Crippen molar-refractivity contribution in [2.45, 2.75) is 44.0 Å². The first-order valence-electron chi connectivity index (χ1n) is 12.8. The summed E-state index contributed by atoms with van der Waals surface area (Å²) in [4.78, 5) is 28.3. The maximum Gasteiger partial charge on any atom is 0.264 e. The normalized spacial score (nSPS) is 12.0. The molecule has 0 saturated carbocycles. The Hall–Kier alpha value is -3.43. The first-order chi connectivity index (χ1) is 18.7. The number of hydrogen-bond acceptors (Lipinski definition) is 4. The van der Waals surface area contributed by atoms with Crippen LogP contribution in [0.5, 0.6) is 0 Å². The van der Waals surface area contributed by atoms with Gasteiger partial charge in [0.1, 0.15) is 18.4 Å². The van der Waals surface area contributed by atoms with E-state index >= 15 is 0 Å². The smallest absolute Gasteiger partial charge is 0.264 e. The second-order valence-corrected chi connectivity index (χ2v) is 11.2. The molecule has 2 amide bonds. The minimum atomic E-state index is -4.24. The van der Waals surface area contributed by atoms with E-state index in [0.717, 1.165) is 22.4 Å². The van der Waals surface area contributed by atoms with Gasteiger partial charge in [0.2, 0.25) is 11.8 Å². The fourth-order valence-electron chi connectivity index (χ4n) is 4.15. The highest BCUT2D eigenvalue weighted by molar-refractivity contribution is 7.92. The van der Waals surface area contributed by atoms with Crippen molar-refractivity contribution in [1.29, 1.82) is 0 Å². The van der Waals surface area contributed by atoms with Gasteiger partial charge in [-0.2, -0.15) is 0 Å². The van der Waals surface area contributed by atoms with Gasteiger partial charge in [0.05, 0.1) is 15.6 Å². The number of amides is 2. The van der Waals surface area contributed by atoms with Crippen molar-refractivity contribution in [3.63, 3.8) is 0 Å². The van der Waals surface area contributed by atoms with E-state index < -0.39 is 34.3 Å². The van der Waals surface area contributed by atoms with Gasteiger partial charge in [-0.15, -0.1) is 0 Å². The lowest BCUT2D eigenvalue weighted by Gasteiger charge is -2.33. The van der Waals surface area contributed by atoms with E-state index in [1.807, 2.05) is 37.3 Å². The number of nitrogens with zero attached hydrogens (tertiary/aromatic N) is 2. The zero-order valence-electron chi connectivity index (χ0n) is 22.0. The molecular formula is C29H33ClFN3O4S. The minimum absolute atomic E-state index is 0.0325. The third kappa shape index (κ3) is 7.80. The van der Waals surface area contributed by atoms with Gasteiger partial charge >= 0.3 is 0 Å². The Kier molecular flexibility index (Phi) is 10.9. The molecule has 1 atom stereocenters. The second-order valence-electron chi connectivity index (χ2n) is 8.96. The molecule has 0 aliphatic heterocycles. The monoisotopic (exact) mass is 573 g/mol. The van der Waals surface area contributed by atoms with Crippen molar-refractivity contribution in [2.75, 3.05) is 23.9 Å². The van der Waals surface area contributed by atoms with Crippen LogP contribution < -0.4 is 9.62 Å². The molecule has 0 radical (unpaired) electrons. The predicted molar refractivity (Wildman–Crippen MR) is 152 cm³/mol.